The Morgan fingerprint density at radius 1 is 1.25 bits per heavy atom. The molecule has 112 valence electrons. The molecule has 0 aromatic heterocycles. The smallest absolute Gasteiger partial charge is 0.141 e. The summed E-state index contributed by atoms with van der Waals surface area (Å²) < 4.78 is 17.2. The maximum Gasteiger partial charge on any atom is 0.141 e. The van der Waals surface area contributed by atoms with E-state index in [0.29, 0.717) is 0 Å². The number of methoxy groups -OCH3 is 3. The van der Waals surface area contributed by atoms with Crippen molar-refractivity contribution in [2.45, 2.75) is 37.3 Å². The zero-order valence-corrected chi connectivity index (χ0v) is 13.8. The average molecular weight is 344 g/mol. The third-order valence-corrected chi connectivity index (χ3v) is 4.96. The Morgan fingerprint density at radius 2 is 1.95 bits per heavy atom. The van der Waals surface area contributed by atoms with E-state index in [1.54, 1.807) is 21.3 Å². The fraction of sp³-hybridized carbons (Fsp3) is 0.600. The molecule has 1 fully saturated rings. The number of benzene rings is 1. The summed E-state index contributed by atoms with van der Waals surface area (Å²) in [5.74, 6) is 1.48. The van der Waals surface area contributed by atoms with E-state index in [1.165, 1.54) is 6.42 Å². The Bertz CT molecular complexity index is 469. The van der Waals surface area contributed by atoms with Gasteiger partial charge in [-0.3, -0.25) is 0 Å². The van der Waals surface area contributed by atoms with Crippen LogP contribution in [0.2, 0.25) is 0 Å². The average Bonchev–Trinajstić information content (AvgIpc) is 2.42. The highest BCUT2D eigenvalue weighted by atomic mass is 79.9. The minimum Gasteiger partial charge on any atom is -0.495 e. The van der Waals surface area contributed by atoms with Crippen LogP contribution in [0.5, 0.6) is 11.5 Å². The summed E-state index contributed by atoms with van der Waals surface area (Å²) >= 11 is 3.51. The molecule has 1 aromatic carbocycles. The van der Waals surface area contributed by atoms with Crippen LogP contribution in [-0.2, 0) is 4.74 Å². The van der Waals surface area contributed by atoms with Gasteiger partial charge in [-0.2, -0.15) is 0 Å². The van der Waals surface area contributed by atoms with Crippen molar-refractivity contribution in [2.75, 3.05) is 21.3 Å². The summed E-state index contributed by atoms with van der Waals surface area (Å²) in [7, 11) is 5.05. The minimum atomic E-state index is -0.118. The largest absolute Gasteiger partial charge is 0.495 e. The van der Waals surface area contributed by atoms with Crippen LogP contribution >= 0.6 is 15.9 Å². The number of hydrogen-bond donors (Lipinski definition) is 1. The standard InChI is InChI=1S/C15H22BrNO3/c1-18-12-6-5-10(14(19-2)13(12)16)11(17)9-15(20-3)7-4-8-15/h5-6,11H,4,7-9,17H2,1-3H3. The summed E-state index contributed by atoms with van der Waals surface area (Å²) in [6.07, 6.45) is 4.18. The van der Waals surface area contributed by atoms with Gasteiger partial charge in [-0.05, 0) is 53.7 Å². The summed E-state index contributed by atoms with van der Waals surface area (Å²) in [5.41, 5.74) is 7.30. The monoisotopic (exact) mass is 343 g/mol. The van der Waals surface area contributed by atoms with E-state index in [4.69, 9.17) is 19.9 Å². The first-order valence-corrected chi connectivity index (χ1v) is 7.57. The number of nitrogens with two attached hydrogens (primary N) is 1. The van der Waals surface area contributed by atoms with Gasteiger partial charge in [0.25, 0.3) is 0 Å². The second-order valence-electron chi connectivity index (χ2n) is 5.26. The number of halogens is 1. The first-order valence-electron chi connectivity index (χ1n) is 6.78. The van der Waals surface area contributed by atoms with Crippen LogP contribution in [0, 0.1) is 0 Å². The summed E-state index contributed by atoms with van der Waals surface area (Å²) in [5, 5.41) is 0. The molecule has 4 nitrogen and oxygen atoms in total. The molecule has 1 aliphatic carbocycles. The first-order chi connectivity index (χ1) is 9.56. The second-order valence-corrected chi connectivity index (χ2v) is 6.05. The highest BCUT2D eigenvalue weighted by molar-refractivity contribution is 9.10. The zero-order valence-electron chi connectivity index (χ0n) is 12.2. The van der Waals surface area contributed by atoms with Crippen LogP contribution in [0.3, 0.4) is 0 Å². The van der Waals surface area contributed by atoms with E-state index in [0.717, 1.165) is 40.8 Å². The quantitative estimate of drug-likeness (QED) is 0.859. The summed E-state index contributed by atoms with van der Waals surface area (Å²) in [6.45, 7) is 0. The van der Waals surface area contributed by atoms with Crippen LogP contribution in [-0.4, -0.2) is 26.9 Å². The predicted octanol–water partition coefficient (Wildman–Crippen LogP) is 3.43. The SMILES string of the molecule is COc1ccc(C(N)CC2(OC)CCC2)c(OC)c1Br. The van der Waals surface area contributed by atoms with Gasteiger partial charge in [-0.25, -0.2) is 0 Å². The van der Waals surface area contributed by atoms with Gasteiger partial charge in [0.05, 0.1) is 19.8 Å². The molecule has 0 saturated heterocycles. The van der Waals surface area contributed by atoms with Crippen molar-refractivity contribution in [2.24, 2.45) is 5.73 Å². The second kappa shape index (κ2) is 6.33. The van der Waals surface area contributed by atoms with E-state index < -0.39 is 0 Å². The Hall–Kier alpha value is -0.780. The van der Waals surface area contributed by atoms with Crippen molar-refractivity contribution in [3.05, 3.63) is 22.2 Å². The van der Waals surface area contributed by atoms with Crippen LogP contribution < -0.4 is 15.2 Å². The van der Waals surface area contributed by atoms with Gasteiger partial charge in [0.2, 0.25) is 0 Å². The molecule has 1 atom stereocenters. The lowest BCUT2D eigenvalue weighted by molar-refractivity contribution is -0.0817. The van der Waals surface area contributed by atoms with Gasteiger partial charge in [0.1, 0.15) is 16.0 Å². The molecule has 2 N–H and O–H groups in total. The fourth-order valence-corrected chi connectivity index (χ4v) is 3.47. The van der Waals surface area contributed by atoms with Gasteiger partial charge < -0.3 is 19.9 Å². The Labute approximate surface area is 128 Å². The van der Waals surface area contributed by atoms with Crippen molar-refractivity contribution in [1.82, 2.24) is 0 Å². The maximum absolute atomic E-state index is 6.38. The van der Waals surface area contributed by atoms with Gasteiger partial charge >= 0.3 is 0 Å². The molecular formula is C15H22BrNO3. The lowest BCUT2D eigenvalue weighted by Crippen LogP contribution is -2.41. The summed E-state index contributed by atoms with van der Waals surface area (Å²) in [6, 6.07) is 3.75. The number of hydrogen-bond acceptors (Lipinski definition) is 4. The normalized spacial score (nSPS) is 18.2. The van der Waals surface area contributed by atoms with Crippen LogP contribution in [0.4, 0.5) is 0 Å². The van der Waals surface area contributed by atoms with Crippen LogP contribution in [0.25, 0.3) is 0 Å². The van der Waals surface area contributed by atoms with Gasteiger partial charge in [0, 0.05) is 18.7 Å². The van der Waals surface area contributed by atoms with Crippen molar-refractivity contribution >= 4 is 15.9 Å². The summed E-state index contributed by atoms with van der Waals surface area (Å²) in [4.78, 5) is 0. The third-order valence-electron chi connectivity index (χ3n) is 4.21. The highest BCUT2D eigenvalue weighted by Crippen LogP contribution is 2.45. The van der Waals surface area contributed by atoms with E-state index in [9.17, 15) is 0 Å². The predicted molar refractivity (Wildman–Crippen MR) is 82.4 cm³/mol. The van der Waals surface area contributed by atoms with E-state index in [2.05, 4.69) is 15.9 Å². The third kappa shape index (κ3) is 2.80. The van der Waals surface area contributed by atoms with Gasteiger partial charge in [-0.15, -0.1) is 0 Å². The van der Waals surface area contributed by atoms with Gasteiger partial charge in [-0.1, -0.05) is 0 Å². The molecule has 5 heteroatoms. The zero-order chi connectivity index (χ0) is 14.8. The molecule has 0 amide bonds. The lowest BCUT2D eigenvalue weighted by atomic mass is 9.75. The van der Waals surface area contributed by atoms with Crippen molar-refractivity contribution in [3.63, 3.8) is 0 Å². The van der Waals surface area contributed by atoms with E-state index in [-0.39, 0.29) is 11.6 Å². The molecule has 0 radical (unpaired) electrons. The van der Waals surface area contributed by atoms with Crippen LogP contribution in [0.15, 0.2) is 16.6 Å². The van der Waals surface area contributed by atoms with Crippen molar-refractivity contribution in [3.8, 4) is 11.5 Å². The Kier molecular flexibility index (Phi) is 4.94. The Morgan fingerprint density at radius 3 is 2.40 bits per heavy atom. The number of rotatable bonds is 6. The highest BCUT2D eigenvalue weighted by Gasteiger charge is 2.39. The van der Waals surface area contributed by atoms with E-state index >= 15 is 0 Å². The molecule has 0 spiro atoms. The molecule has 0 aliphatic heterocycles. The molecule has 1 aliphatic rings. The van der Waals surface area contributed by atoms with Crippen LogP contribution in [0.1, 0.15) is 37.3 Å². The topological polar surface area (TPSA) is 53.7 Å². The number of ether oxygens (including phenoxy) is 3. The molecule has 20 heavy (non-hydrogen) atoms. The van der Waals surface area contributed by atoms with Crippen molar-refractivity contribution < 1.29 is 14.2 Å². The fourth-order valence-electron chi connectivity index (χ4n) is 2.78. The molecule has 0 heterocycles. The van der Waals surface area contributed by atoms with E-state index in [1.807, 2.05) is 12.1 Å². The molecular weight excluding hydrogens is 322 g/mol. The molecule has 1 aromatic rings. The molecule has 0 bridgehead atoms. The molecule has 2 rings (SSSR count). The lowest BCUT2D eigenvalue weighted by Gasteiger charge is -2.42. The maximum atomic E-state index is 6.38. The minimum absolute atomic E-state index is 0.0587. The first kappa shape index (κ1) is 15.6. The molecule has 1 unspecified atom stereocenters. The van der Waals surface area contributed by atoms with Gasteiger partial charge in [0.15, 0.2) is 0 Å². The van der Waals surface area contributed by atoms with Crippen molar-refractivity contribution in [1.29, 1.82) is 0 Å². The Balaban J connectivity index is 2.25. The molecule has 1 saturated carbocycles.